The van der Waals surface area contributed by atoms with Gasteiger partial charge >= 0.3 is 0 Å². The Morgan fingerprint density at radius 2 is 1.67 bits per heavy atom. The average Bonchev–Trinajstić information content (AvgIpc) is 2.45. The highest BCUT2D eigenvalue weighted by molar-refractivity contribution is 5.45. The van der Waals surface area contributed by atoms with E-state index in [1.807, 2.05) is 30.3 Å². The molecule has 0 aromatic heterocycles. The maximum atomic E-state index is 5.26. The van der Waals surface area contributed by atoms with Crippen LogP contribution in [0.1, 0.15) is 17.5 Å². The van der Waals surface area contributed by atoms with Gasteiger partial charge in [0.1, 0.15) is 5.75 Å². The molecule has 0 radical (unpaired) electrons. The molecule has 0 unspecified atom stereocenters. The van der Waals surface area contributed by atoms with Crippen molar-refractivity contribution in [3.05, 3.63) is 65.7 Å². The topological polar surface area (TPSA) is 9.23 Å². The summed E-state index contributed by atoms with van der Waals surface area (Å²) in [4.78, 5) is 0. The third kappa shape index (κ3) is 3.40. The van der Waals surface area contributed by atoms with Gasteiger partial charge in [-0.3, -0.25) is 0 Å². The van der Waals surface area contributed by atoms with Crippen molar-refractivity contribution in [2.75, 3.05) is 7.11 Å². The Balaban J connectivity index is 1.96. The van der Waals surface area contributed by atoms with Gasteiger partial charge in [-0.05, 0) is 24.1 Å². The van der Waals surface area contributed by atoms with Gasteiger partial charge in [0.2, 0.25) is 0 Å². The van der Waals surface area contributed by atoms with Gasteiger partial charge in [-0.1, -0.05) is 54.3 Å². The van der Waals surface area contributed by atoms with E-state index in [4.69, 9.17) is 4.74 Å². The summed E-state index contributed by atoms with van der Waals surface area (Å²) < 4.78 is 5.26. The van der Waals surface area contributed by atoms with Crippen LogP contribution in [0.3, 0.4) is 0 Å². The molecule has 2 aromatic rings. The smallest absolute Gasteiger partial charge is 0.134 e. The normalized spacial score (nSPS) is 9.39. The van der Waals surface area contributed by atoms with Crippen LogP contribution >= 0.6 is 0 Å². The molecule has 0 saturated carbocycles. The maximum Gasteiger partial charge on any atom is 0.134 e. The number of para-hydroxylation sites is 1. The van der Waals surface area contributed by atoms with Crippen LogP contribution < -0.4 is 4.74 Å². The van der Waals surface area contributed by atoms with Crippen LogP contribution in [0, 0.1) is 11.8 Å². The summed E-state index contributed by atoms with van der Waals surface area (Å²) in [6.07, 6.45) is 1.85. The van der Waals surface area contributed by atoms with Gasteiger partial charge in [0.25, 0.3) is 0 Å². The number of ether oxygens (including phenoxy) is 1. The summed E-state index contributed by atoms with van der Waals surface area (Å²) in [5.74, 6) is 7.19. The quantitative estimate of drug-likeness (QED) is 0.739. The fourth-order valence-electron chi connectivity index (χ4n) is 1.76. The molecule has 0 aliphatic carbocycles. The lowest BCUT2D eigenvalue weighted by molar-refractivity contribution is 0.413. The predicted molar refractivity (Wildman–Crippen MR) is 74.6 cm³/mol. The fourth-order valence-corrected chi connectivity index (χ4v) is 1.76. The van der Waals surface area contributed by atoms with Crippen molar-refractivity contribution in [1.82, 2.24) is 0 Å². The van der Waals surface area contributed by atoms with Crippen molar-refractivity contribution in [1.29, 1.82) is 0 Å². The molecule has 1 heteroatoms. The Bertz CT molecular complexity index is 547. The van der Waals surface area contributed by atoms with Crippen LogP contribution in [0.25, 0.3) is 0 Å². The number of rotatable bonds is 3. The number of methoxy groups -OCH3 is 1. The van der Waals surface area contributed by atoms with Crippen LogP contribution in [-0.2, 0) is 6.42 Å². The average molecular weight is 236 g/mol. The molecule has 0 bridgehead atoms. The molecule has 2 aromatic carbocycles. The van der Waals surface area contributed by atoms with E-state index in [1.165, 1.54) is 5.56 Å². The Morgan fingerprint density at radius 3 is 2.44 bits per heavy atom. The number of aryl methyl sites for hydroxylation is 1. The van der Waals surface area contributed by atoms with Crippen molar-refractivity contribution in [3.8, 4) is 17.6 Å². The summed E-state index contributed by atoms with van der Waals surface area (Å²) in [6.45, 7) is 0. The molecule has 0 spiro atoms. The van der Waals surface area contributed by atoms with Gasteiger partial charge in [0.15, 0.2) is 0 Å². The van der Waals surface area contributed by atoms with Gasteiger partial charge in [0.05, 0.1) is 12.7 Å². The number of hydrogen-bond donors (Lipinski definition) is 0. The zero-order valence-corrected chi connectivity index (χ0v) is 10.5. The summed E-state index contributed by atoms with van der Waals surface area (Å²) in [6, 6.07) is 18.2. The lowest BCUT2D eigenvalue weighted by Gasteiger charge is -2.01. The van der Waals surface area contributed by atoms with E-state index in [-0.39, 0.29) is 0 Å². The van der Waals surface area contributed by atoms with Gasteiger partial charge in [-0.2, -0.15) is 0 Å². The van der Waals surface area contributed by atoms with E-state index in [9.17, 15) is 0 Å². The van der Waals surface area contributed by atoms with Crippen molar-refractivity contribution < 1.29 is 4.74 Å². The van der Waals surface area contributed by atoms with Crippen LogP contribution in [-0.4, -0.2) is 7.11 Å². The first-order valence-electron chi connectivity index (χ1n) is 6.06. The van der Waals surface area contributed by atoms with Crippen LogP contribution in [0.5, 0.6) is 5.75 Å². The van der Waals surface area contributed by atoms with E-state index in [0.29, 0.717) is 0 Å². The van der Waals surface area contributed by atoms with Crippen LogP contribution in [0.4, 0.5) is 0 Å². The molecule has 0 saturated heterocycles. The van der Waals surface area contributed by atoms with Gasteiger partial charge in [-0.25, -0.2) is 0 Å². The van der Waals surface area contributed by atoms with E-state index in [1.54, 1.807) is 7.11 Å². The lowest BCUT2D eigenvalue weighted by Crippen LogP contribution is -1.87. The summed E-state index contributed by atoms with van der Waals surface area (Å²) in [5.41, 5.74) is 2.28. The highest BCUT2D eigenvalue weighted by atomic mass is 16.5. The Morgan fingerprint density at radius 1 is 0.944 bits per heavy atom. The van der Waals surface area contributed by atoms with E-state index in [2.05, 4.69) is 36.1 Å². The molecule has 90 valence electrons. The van der Waals surface area contributed by atoms with Gasteiger partial charge in [-0.15, -0.1) is 0 Å². The van der Waals surface area contributed by atoms with E-state index < -0.39 is 0 Å². The summed E-state index contributed by atoms with van der Waals surface area (Å²) in [5, 5.41) is 0. The molecule has 2 rings (SSSR count). The van der Waals surface area contributed by atoms with Crippen molar-refractivity contribution in [3.63, 3.8) is 0 Å². The van der Waals surface area contributed by atoms with Crippen LogP contribution in [0.15, 0.2) is 54.6 Å². The number of hydrogen-bond acceptors (Lipinski definition) is 1. The molecule has 0 fully saturated rings. The summed E-state index contributed by atoms with van der Waals surface area (Å²) in [7, 11) is 1.67. The van der Waals surface area contributed by atoms with E-state index in [0.717, 1.165) is 24.2 Å². The Hall–Kier alpha value is -2.20. The summed E-state index contributed by atoms with van der Waals surface area (Å²) >= 11 is 0. The van der Waals surface area contributed by atoms with Crippen molar-refractivity contribution >= 4 is 0 Å². The fraction of sp³-hybridized carbons (Fsp3) is 0.176. The molecule has 0 amide bonds. The Kier molecular flexibility index (Phi) is 4.44. The first-order chi connectivity index (χ1) is 8.90. The molecule has 0 aliphatic rings. The predicted octanol–water partition coefficient (Wildman–Crippen LogP) is 3.68. The first kappa shape index (κ1) is 12.3. The SMILES string of the molecule is COc1ccccc1C#CCCc1ccccc1. The first-order valence-corrected chi connectivity index (χ1v) is 6.06. The minimum absolute atomic E-state index is 0.838. The van der Waals surface area contributed by atoms with Crippen molar-refractivity contribution in [2.24, 2.45) is 0 Å². The highest BCUT2D eigenvalue weighted by Crippen LogP contribution is 2.15. The monoisotopic (exact) mass is 236 g/mol. The zero-order chi connectivity index (χ0) is 12.6. The second kappa shape index (κ2) is 6.51. The lowest BCUT2D eigenvalue weighted by atomic mass is 10.1. The van der Waals surface area contributed by atoms with Gasteiger partial charge < -0.3 is 4.74 Å². The minimum atomic E-state index is 0.838. The Labute approximate surface area is 108 Å². The van der Waals surface area contributed by atoms with Crippen molar-refractivity contribution in [2.45, 2.75) is 12.8 Å². The highest BCUT2D eigenvalue weighted by Gasteiger charge is 1.96. The second-order valence-corrected chi connectivity index (χ2v) is 3.99. The molecule has 0 atom stereocenters. The molecule has 1 nitrogen and oxygen atoms in total. The molecular weight excluding hydrogens is 220 g/mol. The minimum Gasteiger partial charge on any atom is -0.495 e. The van der Waals surface area contributed by atoms with Crippen LogP contribution in [0.2, 0.25) is 0 Å². The molecule has 18 heavy (non-hydrogen) atoms. The molecular formula is C17H16O. The number of benzene rings is 2. The molecule has 0 heterocycles. The third-order valence-electron chi connectivity index (χ3n) is 2.71. The maximum absolute atomic E-state index is 5.26. The van der Waals surface area contributed by atoms with E-state index >= 15 is 0 Å². The third-order valence-corrected chi connectivity index (χ3v) is 2.71. The van der Waals surface area contributed by atoms with Gasteiger partial charge in [0, 0.05) is 6.42 Å². The zero-order valence-electron chi connectivity index (χ0n) is 10.5. The molecule has 0 aliphatic heterocycles. The second-order valence-electron chi connectivity index (χ2n) is 3.99. The standard InChI is InChI=1S/C17H16O/c1-18-17-14-8-7-13-16(17)12-6-5-11-15-9-3-2-4-10-15/h2-4,7-10,13-14H,5,11H2,1H3. The largest absolute Gasteiger partial charge is 0.495 e. The molecule has 0 N–H and O–H groups in total.